The summed E-state index contributed by atoms with van der Waals surface area (Å²) in [5.41, 5.74) is 1.57. The molecular formula is C18H18N2O4. The molecule has 0 saturated carbocycles. The quantitative estimate of drug-likeness (QED) is 0.884. The number of ether oxygens (including phenoxy) is 2. The predicted molar refractivity (Wildman–Crippen MR) is 89.1 cm³/mol. The summed E-state index contributed by atoms with van der Waals surface area (Å²) in [6, 6.07) is 14.6. The van der Waals surface area contributed by atoms with Crippen LogP contribution >= 0.6 is 0 Å². The van der Waals surface area contributed by atoms with Crippen LogP contribution in [0.25, 0.3) is 0 Å². The van der Waals surface area contributed by atoms with Gasteiger partial charge in [0.05, 0.1) is 11.7 Å². The maximum Gasteiger partial charge on any atom is 0.262 e. The van der Waals surface area contributed by atoms with E-state index in [1.807, 2.05) is 37.3 Å². The Hall–Kier alpha value is -3.02. The second kappa shape index (κ2) is 7.04. The first-order valence-electron chi connectivity index (χ1n) is 7.65. The van der Waals surface area contributed by atoms with E-state index in [1.165, 1.54) is 0 Å². The van der Waals surface area contributed by atoms with Crippen LogP contribution in [0.5, 0.6) is 11.5 Å². The summed E-state index contributed by atoms with van der Waals surface area (Å²) < 4.78 is 10.8. The van der Waals surface area contributed by atoms with E-state index >= 15 is 0 Å². The molecule has 0 saturated heterocycles. The fourth-order valence-electron chi connectivity index (χ4n) is 2.41. The van der Waals surface area contributed by atoms with E-state index in [4.69, 9.17) is 9.47 Å². The molecule has 24 heavy (non-hydrogen) atoms. The molecule has 6 nitrogen and oxygen atoms in total. The maximum absolute atomic E-state index is 12.0. The average Bonchev–Trinajstić information content (AvgIpc) is 2.60. The third-order valence-electron chi connectivity index (χ3n) is 3.63. The molecule has 0 aromatic heterocycles. The third-order valence-corrected chi connectivity index (χ3v) is 3.63. The van der Waals surface area contributed by atoms with Crippen molar-refractivity contribution in [2.75, 3.05) is 18.5 Å². The van der Waals surface area contributed by atoms with Crippen LogP contribution in [0.1, 0.15) is 18.5 Å². The first-order chi connectivity index (χ1) is 11.6. The Bertz CT molecular complexity index is 746. The molecule has 1 aliphatic rings. The summed E-state index contributed by atoms with van der Waals surface area (Å²) >= 11 is 0. The van der Waals surface area contributed by atoms with Crippen LogP contribution in [0.4, 0.5) is 5.69 Å². The zero-order chi connectivity index (χ0) is 16.9. The minimum Gasteiger partial charge on any atom is -0.484 e. The molecule has 1 unspecified atom stereocenters. The van der Waals surface area contributed by atoms with Gasteiger partial charge in [0, 0.05) is 6.07 Å². The van der Waals surface area contributed by atoms with Crippen molar-refractivity contribution in [1.82, 2.24) is 5.32 Å². The van der Waals surface area contributed by atoms with E-state index in [0.29, 0.717) is 17.2 Å². The molecule has 2 amide bonds. The molecule has 2 aromatic rings. The molecule has 3 rings (SSSR count). The lowest BCUT2D eigenvalue weighted by atomic mass is 10.1. The van der Waals surface area contributed by atoms with Crippen molar-refractivity contribution in [3.05, 3.63) is 54.1 Å². The highest BCUT2D eigenvalue weighted by Crippen LogP contribution is 2.31. The van der Waals surface area contributed by atoms with Gasteiger partial charge in [-0.15, -0.1) is 0 Å². The zero-order valence-electron chi connectivity index (χ0n) is 13.2. The zero-order valence-corrected chi connectivity index (χ0v) is 13.2. The standard InChI is InChI=1S/C18H18N2O4/c1-12(13-5-3-2-4-6-13)19-17(21)10-23-14-7-8-16-15(9-14)20-18(22)11-24-16/h2-9,12H,10-11H2,1H3,(H,19,21)(H,20,22). The van der Waals surface area contributed by atoms with Crippen LogP contribution in [0, 0.1) is 0 Å². The van der Waals surface area contributed by atoms with E-state index in [-0.39, 0.29) is 31.1 Å². The van der Waals surface area contributed by atoms with Crippen molar-refractivity contribution in [3.8, 4) is 11.5 Å². The van der Waals surface area contributed by atoms with Gasteiger partial charge in [-0.2, -0.15) is 0 Å². The fourth-order valence-corrected chi connectivity index (χ4v) is 2.41. The van der Waals surface area contributed by atoms with Crippen molar-refractivity contribution in [2.24, 2.45) is 0 Å². The Labute approximate surface area is 139 Å². The lowest BCUT2D eigenvalue weighted by Gasteiger charge is -2.19. The number of benzene rings is 2. The number of hydrogen-bond donors (Lipinski definition) is 2. The summed E-state index contributed by atoms with van der Waals surface area (Å²) in [6.07, 6.45) is 0. The van der Waals surface area contributed by atoms with Crippen LogP contribution in [0.3, 0.4) is 0 Å². The summed E-state index contributed by atoms with van der Waals surface area (Å²) in [5, 5.41) is 5.57. The van der Waals surface area contributed by atoms with Crippen molar-refractivity contribution in [2.45, 2.75) is 13.0 Å². The number of carbonyl (C=O) groups excluding carboxylic acids is 2. The highest BCUT2D eigenvalue weighted by atomic mass is 16.5. The molecule has 0 spiro atoms. The SMILES string of the molecule is CC(NC(=O)COc1ccc2c(c1)NC(=O)CO2)c1ccccc1. The van der Waals surface area contributed by atoms with E-state index in [2.05, 4.69) is 10.6 Å². The Morgan fingerprint density at radius 1 is 1.29 bits per heavy atom. The minimum absolute atomic E-state index is 0.00693. The molecule has 0 aliphatic carbocycles. The van der Waals surface area contributed by atoms with E-state index in [9.17, 15) is 9.59 Å². The Morgan fingerprint density at radius 3 is 2.88 bits per heavy atom. The van der Waals surface area contributed by atoms with Crippen LogP contribution in [0.15, 0.2) is 48.5 Å². The largest absolute Gasteiger partial charge is 0.484 e. The van der Waals surface area contributed by atoms with E-state index < -0.39 is 0 Å². The highest BCUT2D eigenvalue weighted by Gasteiger charge is 2.16. The topological polar surface area (TPSA) is 76.7 Å². The predicted octanol–water partition coefficient (Wildman–Crippen LogP) is 2.27. The van der Waals surface area contributed by atoms with Crippen molar-refractivity contribution in [3.63, 3.8) is 0 Å². The Morgan fingerprint density at radius 2 is 2.08 bits per heavy atom. The molecule has 0 bridgehead atoms. The molecule has 2 aromatic carbocycles. The van der Waals surface area contributed by atoms with Gasteiger partial charge in [-0.1, -0.05) is 30.3 Å². The van der Waals surface area contributed by atoms with Gasteiger partial charge in [0.25, 0.3) is 11.8 Å². The number of carbonyl (C=O) groups is 2. The van der Waals surface area contributed by atoms with Gasteiger partial charge in [0.2, 0.25) is 0 Å². The van der Waals surface area contributed by atoms with Gasteiger partial charge in [-0.25, -0.2) is 0 Å². The molecule has 2 N–H and O–H groups in total. The third kappa shape index (κ3) is 3.84. The summed E-state index contributed by atoms with van der Waals surface area (Å²) in [4.78, 5) is 23.3. The van der Waals surface area contributed by atoms with Gasteiger partial charge in [0.15, 0.2) is 13.2 Å². The maximum atomic E-state index is 12.0. The van der Waals surface area contributed by atoms with Gasteiger partial charge in [-0.3, -0.25) is 9.59 Å². The number of hydrogen-bond acceptors (Lipinski definition) is 4. The summed E-state index contributed by atoms with van der Waals surface area (Å²) in [5.74, 6) is 0.643. The minimum atomic E-state index is -0.218. The number of nitrogens with one attached hydrogen (secondary N) is 2. The smallest absolute Gasteiger partial charge is 0.262 e. The number of amides is 2. The van der Waals surface area contributed by atoms with E-state index in [1.54, 1.807) is 18.2 Å². The van der Waals surface area contributed by atoms with E-state index in [0.717, 1.165) is 5.56 Å². The summed E-state index contributed by atoms with van der Waals surface area (Å²) in [6.45, 7) is 1.82. The lowest BCUT2D eigenvalue weighted by Crippen LogP contribution is -2.31. The van der Waals surface area contributed by atoms with Gasteiger partial charge in [-0.05, 0) is 24.6 Å². The number of rotatable bonds is 5. The number of fused-ring (bicyclic) bond motifs is 1. The molecule has 1 heterocycles. The van der Waals surface area contributed by atoms with Crippen molar-refractivity contribution < 1.29 is 19.1 Å². The Kier molecular flexibility index (Phi) is 4.65. The normalized spacial score (nSPS) is 14.0. The van der Waals surface area contributed by atoms with Crippen molar-refractivity contribution >= 4 is 17.5 Å². The fraction of sp³-hybridized carbons (Fsp3) is 0.222. The second-order valence-electron chi connectivity index (χ2n) is 5.48. The average molecular weight is 326 g/mol. The van der Waals surface area contributed by atoms with Crippen LogP contribution in [-0.4, -0.2) is 25.0 Å². The van der Waals surface area contributed by atoms with Crippen LogP contribution in [-0.2, 0) is 9.59 Å². The molecule has 6 heteroatoms. The van der Waals surface area contributed by atoms with Gasteiger partial charge < -0.3 is 20.1 Å². The van der Waals surface area contributed by atoms with Crippen molar-refractivity contribution in [1.29, 1.82) is 0 Å². The van der Waals surface area contributed by atoms with Gasteiger partial charge in [0.1, 0.15) is 11.5 Å². The molecule has 0 radical (unpaired) electrons. The molecule has 0 fully saturated rings. The van der Waals surface area contributed by atoms with Crippen LogP contribution < -0.4 is 20.1 Å². The second-order valence-corrected chi connectivity index (χ2v) is 5.48. The Balaban J connectivity index is 1.55. The molecule has 124 valence electrons. The van der Waals surface area contributed by atoms with Gasteiger partial charge >= 0.3 is 0 Å². The number of anilines is 1. The molecular weight excluding hydrogens is 308 g/mol. The molecule has 1 aliphatic heterocycles. The molecule has 1 atom stereocenters. The highest BCUT2D eigenvalue weighted by molar-refractivity contribution is 5.95. The van der Waals surface area contributed by atoms with Crippen LogP contribution in [0.2, 0.25) is 0 Å². The first-order valence-corrected chi connectivity index (χ1v) is 7.65. The summed E-state index contributed by atoms with van der Waals surface area (Å²) in [7, 11) is 0. The monoisotopic (exact) mass is 326 g/mol. The lowest BCUT2D eigenvalue weighted by molar-refractivity contribution is -0.123. The first kappa shape index (κ1) is 15.9.